The first kappa shape index (κ1) is 19.5. The van der Waals surface area contributed by atoms with E-state index in [2.05, 4.69) is 15.5 Å². The number of hydrogen-bond donors (Lipinski definition) is 1. The first-order chi connectivity index (χ1) is 12.5. The molecule has 0 fully saturated rings. The van der Waals surface area contributed by atoms with Gasteiger partial charge in [-0.1, -0.05) is 5.16 Å². The summed E-state index contributed by atoms with van der Waals surface area (Å²) in [6, 6.07) is 1.38. The van der Waals surface area contributed by atoms with E-state index in [1.165, 1.54) is 6.07 Å². The molecule has 0 saturated carbocycles. The molecule has 2 aromatic rings. The molecular weight excluding hydrogens is 366 g/mol. The van der Waals surface area contributed by atoms with Gasteiger partial charge < -0.3 is 18.7 Å². The number of rotatable bonds is 8. The summed E-state index contributed by atoms with van der Waals surface area (Å²) in [5.74, 6) is -2.37. The molecule has 2 rings (SSSR count). The van der Waals surface area contributed by atoms with E-state index in [-0.39, 0.29) is 36.4 Å². The van der Waals surface area contributed by atoms with Gasteiger partial charge in [-0.05, 0) is 13.8 Å². The lowest BCUT2D eigenvalue weighted by molar-refractivity contribution is -0.153. The molecule has 0 saturated heterocycles. The Labute approximate surface area is 152 Å². The lowest BCUT2D eigenvalue weighted by atomic mass is 10.3. The fourth-order valence-corrected chi connectivity index (χ4v) is 2.39. The molecule has 11 heteroatoms. The highest BCUT2D eigenvalue weighted by molar-refractivity contribution is 7.14. The number of esters is 2. The molecule has 10 nitrogen and oxygen atoms in total. The SMILES string of the molecule is CCOCCOC(=O)C(=O)Nc1nc(-c2cc(C(=O)OCC)no2)cs1. The number of thiazole rings is 1. The minimum atomic E-state index is -1.04. The minimum absolute atomic E-state index is 0.0123. The molecule has 0 aliphatic carbocycles. The number of ether oxygens (including phenoxy) is 3. The third-order valence-electron chi connectivity index (χ3n) is 2.82. The van der Waals surface area contributed by atoms with Crippen molar-refractivity contribution in [3.63, 3.8) is 0 Å². The zero-order chi connectivity index (χ0) is 18.9. The van der Waals surface area contributed by atoms with Gasteiger partial charge in [0.1, 0.15) is 12.3 Å². The zero-order valence-electron chi connectivity index (χ0n) is 14.1. The van der Waals surface area contributed by atoms with Crippen molar-refractivity contribution < 1.29 is 33.1 Å². The molecule has 0 spiro atoms. The van der Waals surface area contributed by atoms with Crippen LogP contribution in [0.1, 0.15) is 24.3 Å². The molecule has 2 aromatic heterocycles. The maximum atomic E-state index is 11.7. The van der Waals surface area contributed by atoms with Gasteiger partial charge in [-0.2, -0.15) is 0 Å². The van der Waals surface area contributed by atoms with Crippen molar-refractivity contribution >= 4 is 34.3 Å². The Bertz CT molecular complexity index is 771. The summed E-state index contributed by atoms with van der Waals surface area (Å²) >= 11 is 1.07. The van der Waals surface area contributed by atoms with Gasteiger partial charge in [0.2, 0.25) is 0 Å². The Morgan fingerprint density at radius 3 is 2.73 bits per heavy atom. The van der Waals surface area contributed by atoms with E-state index in [1.807, 2.05) is 0 Å². The number of anilines is 1. The number of nitrogens with zero attached hydrogens (tertiary/aromatic N) is 2. The highest BCUT2D eigenvalue weighted by Gasteiger charge is 2.19. The van der Waals surface area contributed by atoms with Crippen molar-refractivity contribution in [2.24, 2.45) is 0 Å². The number of carbonyl (C=O) groups is 3. The lowest BCUT2D eigenvalue weighted by Crippen LogP contribution is -2.26. The molecule has 0 bridgehead atoms. The maximum Gasteiger partial charge on any atom is 0.397 e. The van der Waals surface area contributed by atoms with Crippen molar-refractivity contribution in [2.45, 2.75) is 13.8 Å². The van der Waals surface area contributed by atoms with Gasteiger partial charge >= 0.3 is 17.8 Å². The van der Waals surface area contributed by atoms with Crippen LogP contribution in [0, 0.1) is 0 Å². The summed E-state index contributed by atoms with van der Waals surface area (Å²) in [7, 11) is 0. The smallest absolute Gasteiger partial charge is 0.397 e. The van der Waals surface area contributed by atoms with Crippen molar-refractivity contribution in [2.75, 3.05) is 31.7 Å². The number of amides is 1. The number of nitrogens with one attached hydrogen (secondary N) is 1. The molecule has 1 N–H and O–H groups in total. The Morgan fingerprint density at radius 1 is 1.19 bits per heavy atom. The molecule has 0 aliphatic rings. The van der Waals surface area contributed by atoms with Crippen molar-refractivity contribution in [3.05, 3.63) is 17.1 Å². The van der Waals surface area contributed by atoms with Crippen LogP contribution >= 0.6 is 11.3 Å². The summed E-state index contributed by atoms with van der Waals surface area (Å²) in [5.41, 5.74) is 0.358. The van der Waals surface area contributed by atoms with Gasteiger partial charge in [0.25, 0.3) is 0 Å². The number of carbonyl (C=O) groups excluding carboxylic acids is 3. The number of hydrogen-bond acceptors (Lipinski definition) is 10. The van der Waals surface area contributed by atoms with E-state index in [1.54, 1.807) is 19.2 Å². The van der Waals surface area contributed by atoms with E-state index >= 15 is 0 Å². The van der Waals surface area contributed by atoms with Crippen LogP contribution < -0.4 is 5.32 Å². The summed E-state index contributed by atoms with van der Waals surface area (Å²) < 4.78 is 19.6. The molecule has 0 aromatic carbocycles. The van der Waals surface area contributed by atoms with Crippen molar-refractivity contribution in [1.82, 2.24) is 10.1 Å². The quantitative estimate of drug-likeness (QED) is 0.409. The Kier molecular flexibility index (Phi) is 7.24. The zero-order valence-corrected chi connectivity index (χ0v) is 15.0. The highest BCUT2D eigenvalue weighted by Crippen LogP contribution is 2.25. The van der Waals surface area contributed by atoms with Crippen LogP contribution in [-0.2, 0) is 23.8 Å². The summed E-state index contributed by atoms with van der Waals surface area (Å²) in [5, 5.41) is 7.66. The van der Waals surface area contributed by atoms with Crippen LogP contribution in [-0.4, -0.2) is 54.4 Å². The second-order valence-electron chi connectivity index (χ2n) is 4.62. The molecular formula is C15H17N3O7S. The Balaban J connectivity index is 1.92. The first-order valence-corrected chi connectivity index (χ1v) is 8.58. The maximum absolute atomic E-state index is 11.7. The monoisotopic (exact) mass is 383 g/mol. The van der Waals surface area contributed by atoms with Gasteiger partial charge in [0, 0.05) is 18.1 Å². The molecule has 0 atom stereocenters. The molecule has 0 radical (unpaired) electrons. The van der Waals surface area contributed by atoms with Crippen LogP contribution in [0.3, 0.4) is 0 Å². The van der Waals surface area contributed by atoms with Gasteiger partial charge in [-0.15, -0.1) is 11.3 Å². The van der Waals surface area contributed by atoms with Crippen LogP contribution in [0.5, 0.6) is 0 Å². The van der Waals surface area contributed by atoms with E-state index in [4.69, 9.17) is 18.7 Å². The third kappa shape index (κ3) is 5.36. The van der Waals surface area contributed by atoms with E-state index < -0.39 is 17.8 Å². The normalized spacial score (nSPS) is 10.4. The van der Waals surface area contributed by atoms with E-state index in [0.717, 1.165) is 11.3 Å². The van der Waals surface area contributed by atoms with Crippen LogP contribution in [0.25, 0.3) is 11.5 Å². The van der Waals surface area contributed by atoms with Crippen molar-refractivity contribution in [1.29, 1.82) is 0 Å². The van der Waals surface area contributed by atoms with Gasteiger partial charge in [-0.25, -0.2) is 14.6 Å². The second-order valence-corrected chi connectivity index (χ2v) is 5.48. The van der Waals surface area contributed by atoms with Gasteiger partial charge in [-0.3, -0.25) is 10.1 Å². The topological polar surface area (TPSA) is 130 Å². The van der Waals surface area contributed by atoms with Gasteiger partial charge in [0.15, 0.2) is 16.6 Å². The van der Waals surface area contributed by atoms with E-state index in [0.29, 0.717) is 12.3 Å². The molecule has 26 heavy (non-hydrogen) atoms. The number of aromatic nitrogens is 2. The summed E-state index contributed by atoms with van der Waals surface area (Å²) in [6.45, 7) is 4.39. The molecule has 2 heterocycles. The third-order valence-corrected chi connectivity index (χ3v) is 3.58. The average Bonchev–Trinajstić information content (AvgIpc) is 3.28. The standard InChI is InChI=1S/C15H17N3O7S/c1-3-22-5-6-24-14(21)12(19)17-15-16-10(8-26-15)11-7-9(18-25-11)13(20)23-4-2/h7-8H,3-6H2,1-2H3,(H,16,17,19). The van der Waals surface area contributed by atoms with Crippen LogP contribution in [0.4, 0.5) is 5.13 Å². The minimum Gasteiger partial charge on any atom is -0.461 e. The largest absolute Gasteiger partial charge is 0.461 e. The predicted molar refractivity (Wildman–Crippen MR) is 89.6 cm³/mol. The molecule has 1 amide bonds. The molecule has 140 valence electrons. The fraction of sp³-hybridized carbons (Fsp3) is 0.400. The fourth-order valence-electron chi connectivity index (χ4n) is 1.69. The first-order valence-electron chi connectivity index (χ1n) is 7.70. The summed E-state index contributed by atoms with van der Waals surface area (Å²) in [4.78, 5) is 38.9. The van der Waals surface area contributed by atoms with Gasteiger partial charge in [0.05, 0.1) is 13.2 Å². The second kappa shape index (κ2) is 9.63. The summed E-state index contributed by atoms with van der Waals surface area (Å²) in [6.07, 6.45) is 0. The van der Waals surface area contributed by atoms with Crippen molar-refractivity contribution in [3.8, 4) is 11.5 Å². The predicted octanol–water partition coefficient (Wildman–Crippen LogP) is 1.49. The lowest BCUT2D eigenvalue weighted by Gasteiger charge is -2.04. The average molecular weight is 383 g/mol. The Morgan fingerprint density at radius 2 is 2.00 bits per heavy atom. The Hall–Kier alpha value is -2.79. The van der Waals surface area contributed by atoms with Crippen LogP contribution in [0.15, 0.2) is 16.0 Å². The van der Waals surface area contributed by atoms with Crippen LogP contribution in [0.2, 0.25) is 0 Å². The highest BCUT2D eigenvalue weighted by atomic mass is 32.1. The van der Waals surface area contributed by atoms with E-state index in [9.17, 15) is 14.4 Å². The molecule has 0 unspecified atom stereocenters. The molecule has 0 aliphatic heterocycles.